The minimum absolute atomic E-state index is 0.0768. The first-order valence-corrected chi connectivity index (χ1v) is 9.37. The third kappa shape index (κ3) is 4.40. The molecule has 3 heterocycles. The third-order valence-corrected chi connectivity index (χ3v) is 4.57. The smallest absolute Gasteiger partial charge is 0.192 e. The summed E-state index contributed by atoms with van der Waals surface area (Å²) in [6.45, 7) is 4.76. The van der Waals surface area contributed by atoms with Crippen molar-refractivity contribution in [2.75, 3.05) is 6.61 Å². The van der Waals surface area contributed by atoms with E-state index in [9.17, 15) is 5.26 Å². The molecule has 0 saturated carbocycles. The molecule has 0 N–H and O–H groups in total. The molecule has 1 aliphatic rings. The van der Waals surface area contributed by atoms with E-state index in [0.717, 1.165) is 30.9 Å². The molecule has 2 aromatic rings. The van der Waals surface area contributed by atoms with Crippen molar-refractivity contribution >= 4 is 12.2 Å². The standard InChI is InChI=1S/C20H24N6O/c1-3-6-15-11-17(23-14-24-20(15)27-4-2)12-18-8-10-25-26(18)19-16(13-21)7-5-9-22-19/h5,7-10,14-15,17H,3-4,6,11-12H2,1-2H3. The van der Waals surface area contributed by atoms with Crippen LogP contribution in [0.4, 0.5) is 0 Å². The van der Waals surface area contributed by atoms with Gasteiger partial charge in [-0.25, -0.2) is 14.7 Å². The molecule has 3 rings (SSSR count). The van der Waals surface area contributed by atoms with Gasteiger partial charge in [0.1, 0.15) is 12.4 Å². The Balaban J connectivity index is 1.81. The van der Waals surface area contributed by atoms with Crippen LogP contribution >= 0.6 is 0 Å². The molecular formula is C20H24N6O. The Labute approximate surface area is 159 Å². The van der Waals surface area contributed by atoms with Gasteiger partial charge >= 0.3 is 0 Å². The topological polar surface area (TPSA) is 88.5 Å². The number of rotatable bonds is 6. The summed E-state index contributed by atoms with van der Waals surface area (Å²) in [4.78, 5) is 13.4. The average molecular weight is 364 g/mol. The van der Waals surface area contributed by atoms with E-state index in [2.05, 4.69) is 33.1 Å². The summed E-state index contributed by atoms with van der Waals surface area (Å²) in [5, 5.41) is 13.7. The van der Waals surface area contributed by atoms with Crippen molar-refractivity contribution in [3.05, 3.63) is 41.9 Å². The lowest BCUT2D eigenvalue weighted by molar-refractivity contribution is 0.289. The van der Waals surface area contributed by atoms with E-state index in [0.29, 0.717) is 24.4 Å². The zero-order chi connectivity index (χ0) is 19.1. The van der Waals surface area contributed by atoms with Crippen LogP contribution in [0.2, 0.25) is 0 Å². The number of nitriles is 1. The van der Waals surface area contributed by atoms with Crippen LogP contribution < -0.4 is 0 Å². The van der Waals surface area contributed by atoms with Crippen LogP contribution in [0.15, 0.2) is 40.6 Å². The molecule has 0 spiro atoms. The predicted molar refractivity (Wildman–Crippen MR) is 104 cm³/mol. The quantitative estimate of drug-likeness (QED) is 0.786. The Morgan fingerprint density at radius 1 is 1.30 bits per heavy atom. The second-order valence-corrected chi connectivity index (χ2v) is 6.46. The second kappa shape index (κ2) is 9.08. The minimum atomic E-state index is 0.0768. The lowest BCUT2D eigenvalue weighted by atomic mass is 9.93. The molecule has 2 aromatic heterocycles. The van der Waals surface area contributed by atoms with Gasteiger partial charge in [0.25, 0.3) is 0 Å². The van der Waals surface area contributed by atoms with E-state index in [-0.39, 0.29) is 12.0 Å². The van der Waals surface area contributed by atoms with Crippen molar-refractivity contribution in [1.82, 2.24) is 14.8 Å². The molecule has 0 amide bonds. The largest absolute Gasteiger partial charge is 0.481 e. The molecule has 0 bridgehead atoms. The van der Waals surface area contributed by atoms with Gasteiger partial charge in [-0.05, 0) is 38.0 Å². The normalized spacial score (nSPS) is 19.2. The zero-order valence-corrected chi connectivity index (χ0v) is 15.7. The molecule has 2 unspecified atom stereocenters. The highest BCUT2D eigenvalue weighted by molar-refractivity contribution is 5.86. The fourth-order valence-electron chi connectivity index (χ4n) is 3.38. The van der Waals surface area contributed by atoms with Crippen molar-refractivity contribution < 1.29 is 4.74 Å². The third-order valence-electron chi connectivity index (χ3n) is 4.57. The van der Waals surface area contributed by atoms with Crippen molar-refractivity contribution in [2.45, 2.75) is 45.6 Å². The molecule has 0 aliphatic carbocycles. The molecule has 7 nitrogen and oxygen atoms in total. The molecule has 140 valence electrons. The van der Waals surface area contributed by atoms with Gasteiger partial charge in [-0.2, -0.15) is 10.4 Å². The van der Waals surface area contributed by atoms with Crippen LogP contribution in [0.1, 0.15) is 44.4 Å². The van der Waals surface area contributed by atoms with Gasteiger partial charge in [0, 0.05) is 30.4 Å². The van der Waals surface area contributed by atoms with E-state index in [4.69, 9.17) is 4.74 Å². The maximum Gasteiger partial charge on any atom is 0.192 e. The molecule has 0 fully saturated rings. The number of aliphatic imine (C=N–C) groups is 2. The van der Waals surface area contributed by atoms with Crippen LogP contribution in [0.25, 0.3) is 5.82 Å². The molecule has 27 heavy (non-hydrogen) atoms. The van der Waals surface area contributed by atoms with Gasteiger partial charge in [0.15, 0.2) is 11.7 Å². The lowest BCUT2D eigenvalue weighted by Gasteiger charge is -2.20. The van der Waals surface area contributed by atoms with Crippen LogP contribution in [-0.4, -0.2) is 39.6 Å². The highest BCUT2D eigenvalue weighted by Gasteiger charge is 2.25. The Hall–Kier alpha value is -3.01. The average Bonchev–Trinajstić information content (AvgIpc) is 3.06. The fourth-order valence-corrected chi connectivity index (χ4v) is 3.38. The lowest BCUT2D eigenvalue weighted by Crippen LogP contribution is -2.23. The Morgan fingerprint density at radius 2 is 2.19 bits per heavy atom. The first-order valence-electron chi connectivity index (χ1n) is 9.37. The van der Waals surface area contributed by atoms with E-state index in [1.54, 1.807) is 35.5 Å². The fraction of sp³-hybridized carbons (Fsp3) is 0.450. The highest BCUT2D eigenvalue weighted by Crippen LogP contribution is 2.23. The van der Waals surface area contributed by atoms with Crippen molar-refractivity contribution in [1.29, 1.82) is 5.26 Å². The maximum atomic E-state index is 9.36. The van der Waals surface area contributed by atoms with E-state index < -0.39 is 0 Å². The van der Waals surface area contributed by atoms with Crippen molar-refractivity contribution in [3.63, 3.8) is 0 Å². The molecule has 2 atom stereocenters. The van der Waals surface area contributed by atoms with Gasteiger partial charge in [-0.1, -0.05) is 13.3 Å². The SMILES string of the molecule is CCCC1CC(Cc2ccnn2-c2ncccc2C#N)N=CN=C1OCC. The minimum Gasteiger partial charge on any atom is -0.481 e. The summed E-state index contributed by atoms with van der Waals surface area (Å²) in [5.41, 5.74) is 1.47. The summed E-state index contributed by atoms with van der Waals surface area (Å²) < 4.78 is 7.46. The summed E-state index contributed by atoms with van der Waals surface area (Å²) in [5.74, 6) is 1.60. The summed E-state index contributed by atoms with van der Waals surface area (Å²) in [7, 11) is 0. The molecule has 7 heteroatoms. The summed E-state index contributed by atoms with van der Waals surface area (Å²) in [6, 6.07) is 7.71. The van der Waals surface area contributed by atoms with E-state index in [1.165, 1.54) is 0 Å². The second-order valence-electron chi connectivity index (χ2n) is 6.46. The van der Waals surface area contributed by atoms with Gasteiger partial charge < -0.3 is 4.74 Å². The molecule has 0 aromatic carbocycles. The molecule has 1 aliphatic heterocycles. The Kier molecular flexibility index (Phi) is 6.31. The van der Waals surface area contributed by atoms with E-state index in [1.807, 2.05) is 13.0 Å². The number of hydrogen-bond donors (Lipinski definition) is 0. The number of ether oxygens (including phenoxy) is 1. The predicted octanol–water partition coefficient (Wildman–Crippen LogP) is 3.33. The summed E-state index contributed by atoms with van der Waals surface area (Å²) in [6.07, 6.45) is 8.70. The first-order chi connectivity index (χ1) is 13.3. The van der Waals surface area contributed by atoms with E-state index >= 15 is 0 Å². The highest BCUT2D eigenvalue weighted by atomic mass is 16.5. The number of pyridine rings is 1. The van der Waals surface area contributed by atoms with Crippen LogP contribution in [0, 0.1) is 17.2 Å². The Morgan fingerprint density at radius 3 is 2.96 bits per heavy atom. The number of aromatic nitrogens is 3. The van der Waals surface area contributed by atoms with Crippen molar-refractivity contribution in [2.24, 2.45) is 15.9 Å². The van der Waals surface area contributed by atoms with Crippen LogP contribution in [0.5, 0.6) is 0 Å². The first kappa shape index (κ1) is 18.8. The van der Waals surface area contributed by atoms with Gasteiger partial charge in [0.2, 0.25) is 0 Å². The monoisotopic (exact) mass is 364 g/mol. The van der Waals surface area contributed by atoms with Crippen LogP contribution in [0.3, 0.4) is 0 Å². The van der Waals surface area contributed by atoms with Gasteiger partial charge in [-0.3, -0.25) is 4.99 Å². The number of nitrogens with zero attached hydrogens (tertiary/aromatic N) is 6. The molecule has 0 saturated heterocycles. The molecule has 0 radical (unpaired) electrons. The maximum absolute atomic E-state index is 9.36. The van der Waals surface area contributed by atoms with Crippen LogP contribution in [-0.2, 0) is 11.2 Å². The van der Waals surface area contributed by atoms with Crippen molar-refractivity contribution in [3.8, 4) is 11.9 Å². The summed E-state index contributed by atoms with van der Waals surface area (Å²) >= 11 is 0. The molecular weight excluding hydrogens is 340 g/mol. The Bertz CT molecular complexity index is 863. The van der Waals surface area contributed by atoms with Gasteiger partial charge in [0.05, 0.1) is 18.2 Å². The van der Waals surface area contributed by atoms with Gasteiger partial charge in [-0.15, -0.1) is 0 Å². The number of hydrogen-bond acceptors (Lipinski definition) is 6. The zero-order valence-electron chi connectivity index (χ0n) is 15.7.